The van der Waals surface area contributed by atoms with E-state index in [-0.39, 0.29) is 17.4 Å². The molecule has 1 fully saturated rings. The number of carbonyl (C=O) groups excluding carboxylic acids is 1. The Morgan fingerprint density at radius 1 is 1.57 bits per heavy atom. The van der Waals surface area contributed by atoms with Crippen molar-refractivity contribution in [1.29, 1.82) is 0 Å². The number of aryl methyl sites for hydroxylation is 1. The zero-order chi connectivity index (χ0) is 15.5. The van der Waals surface area contributed by atoms with Crippen LogP contribution in [0.4, 0.5) is 5.82 Å². The Kier molecular flexibility index (Phi) is 5.00. The fourth-order valence-electron chi connectivity index (χ4n) is 2.44. The number of carbonyl (C=O) groups is 1. The van der Waals surface area contributed by atoms with E-state index in [2.05, 4.69) is 36.5 Å². The van der Waals surface area contributed by atoms with Crippen molar-refractivity contribution >= 4 is 11.7 Å². The number of nitrogens with zero attached hydrogens (tertiary/aromatic N) is 2. The highest BCUT2D eigenvalue weighted by molar-refractivity contribution is 5.90. The maximum Gasteiger partial charge on any atom is 0.227 e. The molecule has 21 heavy (non-hydrogen) atoms. The molecule has 0 bridgehead atoms. The van der Waals surface area contributed by atoms with E-state index < -0.39 is 0 Å². The lowest BCUT2D eigenvalue weighted by molar-refractivity contribution is -0.117. The normalized spacial score (nSPS) is 19.5. The summed E-state index contributed by atoms with van der Waals surface area (Å²) in [6.07, 6.45) is 1.30. The van der Waals surface area contributed by atoms with Gasteiger partial charge in [-0.3, -0.25) is 9.48 Å². The predicted octanol–water partition coefficient (Wildman–Crippen LogP) is 1.33. The van der Waals surface area contributed by atoms with Crippen LogP contribution >= 0.6 is 0 Å². The van der Waals surface area contributed by atoms with E-state index in [9.17, 15) is 4.79 Å². The number of anilines is 1. The number of aromatic nitrogens is 2. The predicted molar refractivity (Wildman–Crippen MR) is 82.2 cm³/mol. The van der Waals surface area contributed by atoms with Crippen LogP contribution in [0.5, 0.6) is 0 Å². The molecule has 2 rings (SSSR count). The third-order valence-electron chi connectivity index (χ3n) is 3.34. The number of morpholine rings is 1. The molecule has 0 aromatic carbocycles. The third kappa shape index (κ3) is 5.13. The van der Waals surface area contributed by atoms with Gasteiger partial charge in [-0.2, -0.15) is 5.10 Å². The van der Waals surface area contributed by atoms with Crippen LogP contribution in [-0.4, -0.2) is 41.5 Å². The smallest absolute Gasteiger partial charge is 0.227 e. The Bertz CT molecular complexity index is 484. The molecule has 6 heteroatoms. The van der Waals surface area contributed by atoms with E-state index in [0.717, 1.165) is 31.1 Å². The van der Waals surface area contributed by atoms with E-state index in [1.165, 1.54) is 0 Å². The second-order valence-electron chi connectivity index (χ2n) is 6.86. The van der Waals surface area contributed by atoms with Gasteiger partial charge in [-0.05, 0) is 11.8 Å². The second-order valence-corrected chi connectivity index (χ2v) is 6.86. The highest BCUT2D eigenvalue weighted by Gasteiger charge is 2.19. The van der Waals surface area contributed by atoms with Gasteiger partial charge in [0.1, 0.15) is 5.82 Å². The molecule has 1 aliphatic rings. The van der Waals surface area contributed by atoms with Crippen LogP contribution in [0.3, 0.4) is 0 Å². The summed E-state index contributed by atoms with van der Waals surface area (Å²) in [5, 5.41) is 10.7. The van der Waals surface area contributed by atoms with Crippen molar-refractivity contribution < 1.29 is 9.53 Å². The van der Waals surface area contributed by atoms with Crippen LogP contribution in [0.25, 0.3) is 0 Å². The maximum atomic E-state index is 12.1. The van der Waals surface area contributed by atoms with Crippen LogP contribution in [0, 0.1) is 5.41 Å². The molecule has 1 amide bonds. The summed E-state index contributed by atoms with van der Waals surface area (Å²) in [5.41, 5.74) is 1.18. The molecule has 1 atom stereocenters. The summed E-state index contributed by atoms with van der Waals surface area (Å²) in [6, 6.07) is 2.05. The number of ether oxygens (including phenoxy) is 1. The molecular formula is C15H26N4O2. The van der Waals surface area contributed by atoms with Gasteiger partial charge in [0.2, 0.25) is 5.91 Å². The topological polar surface area (TPSA) is 68.2 Å². The van der Waals surface area contributed by atoms with Gasteiger partial charge in [-0.25, -0.2) is 0 Å². The summed E-state index contributed by atoms with van der Waals surface area (Å²) >= 11 is 0. The van der Waals surface area contributed by atoms with Crippen LogP contribution in [0.1, 0.15) is 32.9 Å². The van der Waals surface area contributed by atoms with Gasteiger partial charge >= 0.3 is 0 Å². The van der Waals surface area contributed by atoms with Crippen molar-refractivity contribution in [2.45, 2.75) is 39.7 Å². The molecule has 1 aliphatic heterocycles. The molecule has 0 spiro atoms. The quantitative estimate of drug-likeness (QED) is 0.879. The fourth-order valence-corrected chi connectivity index (χ4v) is 2.44. The monoisotopic (exact) mass is 294 g/mol. The maximum absolute atomic E-state index is 12.1. The summed E-state index contributed by atoms with van der Waals surface area (Å²) in [6.45, 7) is 8.64. The Balaban J connectivity index is 1.91. The summed E-state index contributed by atoms with van der Waals surface area (Å²) in [5.74, 6) is 0.735. The third-order valence-corrected chi connectivity index (χ3v) is 3.34. The average molecular weight is 294 g/mol. The lowest BCUT2D eigenvalue weighted by Gasteiger charge is -2.23. The average Bonchev–Trinajstić information content (AvgIpc) is 2.68. The minimum absolute atomic E-state index is 0.0108. The summed E-state index contributed by atoms with van der Waals surface area (Å²) < 4.78 is 7.08. The lowest BCUT2D eigenvalue weighted by atomic mass is 9.91. The molecule has 1 aromatic heterocycles. The second kappa shape index (κ2) is 6.58. The molecule has 1 aromatic rings. The van der Waals surface area contributed by atoms with Gasteiger partial charge in [0.15, 0.2) is 0 Å². The molecule has 0 radical (unpaired) electrons. The van der Waals surface area contributed by atoms with E-state index in [1.54, 1.807) is 4.68 Å². The van der Waals surface area contributed by atoms with Gasteiger partial charge in [-0.1, -0.05) is 20.8 Å². The van der Waals surface area contributed by atoms with E-state index in [1.807, 2.05) is 13.1 Å². The van der Waals surface area contributed by atoms with Crippen molar-refractivity contribution in [3.05, 3.63) is 11.8 Å². The molecule has 6 nitrogen and oxygen atoms in total. The molecule has 0 aliphatic carbocycles. The van der Waals surface area contributed by atoms with Gasteiger partial charge in [0.25, 0.3) is 0 Å². The first-order chi connectivity index (χ1) is 9.83. The number of hydrogen-bond donors (Lipinski definition) is 2. The van der Waals surface area contributed by atoms with Crippen molar-refractivity contribution in [2.24, 2.45) is 12.5 Å². The molecule has 2 N–H and O–H groups in total. The number of amides is 1. The Labute approximate surface area is 126 Å². The van der Waals surface area contributed by atoms with Crippen LogP contribution < -0.4 is 10.6 Å². The molecule has 118 valence electrons. The van der Waals surface area contributed by atoms with Gasteiger partial charge < -0.3 is 15.4 Å². The number of hydrogen-bond acceptors (Lipinski definition) is 4. The molecule has 0 saturated carbocycles. The Morgan fingerprint density at radius 3 is 2.95 bits per heavy atom. The Morgan fingerprint density at radius 2 is 2.33 bits per heavy atom. The van der Waals surface area contributed by atoms with Crippen molar-refractivity contribution in [3.8, 4) is 0 Å². The van der Waals surface area contributed by atoms with Gasteiger partial charge in [0, 0.05) is 32.1 Å². The van der Waals surface area contributed by atoms with Crippen molar-refractivity contribution in [3.63, 3.8) is 0 Å². The van der Waals surface area contributed by atoms with Crippen molar-refractivity contribution in [2.75, 3.05) is 25.1 Å². The van der Waals surface area contributed by atoms with Crippen LogP contribution in [0.2, 0.25) is 0 Å². The first-order valence-electron chi connectivity index (χ1n) is 7.47. The van der Waals surface area contributed by atoms with Crippen LogP contribution in [0.15, 0.2) is 6.07 Å². The van der Waals surface area contributed by atoms with Gasteiger partial charge in [0.05, 0.1) is 18.9 Å². The largest absolute Gasteiger partial charge is 0.378 e. The molecule has 2 heterocycles. The zero-order valence-electron chi connectivity index (χ0n) is 13.4. The molecule has 1 saturated heterocycles. The highest BCUT2D eigenvalue weighted by atomic mass is 16.5. The van der Waals surface area contributed by atoms with E-state index in [4.69, 9.17) is 4.74 Å². The molecular weight excluding hydrogens is 268 g/mol. The van der Waals surface area contributed by atoms with E-state index in [0.29, 0.717) is 13.0 Å². The van der Waals surface area contributed by atoms with Gasteiger partial charge in [-0.15, -0.1) is 0 Å². The number of nitrogens with one attached hydrogen (secondary N) is 2. The summed E-state index contributed by atoms with van der Waals surface area (Å²) in [4.78, 5) is 12.1. The molecule has 1 unspecified atom stereocenters. The highest BCUT2D eigenvalue weighted by Crippen LogP contribution is 2.21. The first-order valence-corrected chi connectivity index (χ1v) is 7.47. The minimum atomic E-state index is -0.0108. The van der Waals surface area contributed by atoms with E-state index >= 15 is 0 Å². The first kappa shape index (κ1) is 16.0. The Hall–Kier alpha value is -1.40. The lowest BCUT2D eigenvalue weighted by Crippen LogP contribution is -2.43. The SMILES string of the molecule is Cn1nc(CC(C)(C)C)cc1NC(=O)CC1COCCN1. The zero-order valence-corrected chi connectivity index (χ0v) is 13.4. The standard InChI is InChI=1S/C15H26N4O2/c1-15(2,3)9-11-7-13(19(4)18-11)17-14(20)8-12-10-21-6-5-16-12/h7,12,16H,5-6,8-10H2,1-4H3,(H,17,20). The van der Waals surface area contributed by atoms with Crippen LogP contribution in [-0.2, 0) is 23.0 Å². The minimum Gasteiger partial charge on any atom is -0.378 e. The fraction of sp³-hybridized carbons (Fsp3) is 0.733. The summed E-state index contributed by atoms with van der Waals surface area (Å²) in [7, 11) is 1.85. The van der Waals surface area contributed by atoms with Crippen molar-refractivity contribution in [1.82, 2.24) is 15.1 Å². The number of rotatable bonds is 4.